The van der Waals surface area contributed by atoms with Gasteiger partial charge >= 0.3 is 0 Å². The number of hydrogen-bond donors (Lipinski definition) is 1. The van der Waals surface area contributed by atoms with Gasteiger partial charge in [0.25, 0.3) is 0 Å². The minimum atomic E-state index is -3.84. The Morgan fingerprint density at radius 1 is 1.23 bits per heavy atom. The highest BCUT2D eigenvalue weighted by Crippen LogP contribution is 2.27. The summed E-state index contributed by atoms with van der Waals surface area (Å²) in [6.45, 7) is 0. The fourth-order valence-electron chi connectivity index (χ4n) is 2.14. The maximum absolute atomic E-state index is 13.6. The summed E-state index contributed by atoms with van der Waals surface area (Å²) in [5.41, 5.74) is 0.225. The van der Waals surface area contributed by atoms with Crippen LogP contribution in [-0.2, 0) is 15.6 Å². The summed E-state index contributed by atoms with van der Waals surface area (Å²) in [6.07, 6.45) is 2.10. The Bertz CT molecular complexity index is 970. The van der Waals surface area contributed by atoms with Crippen molar-refractivity contribution in [2.24, 2.45) is 0 Å². The topological polar surface area (TPSA) is 62.8 Å². The molecule has 0 aliphatic rings. The fourth-order valence-corrected chi connectivity index (χ4v) is 3.79. The lowest BCUT2D eigenvalue weighted by atomic mass is 10.2. The van der Waals surface area contributed by atoms with Crippen molar-refractivity contribution in [3.05, 3.63) is 59.0 Å². The van der Waals surface area contributed by atoms with E-state index in [2.05, 4.69) is 9.97 Å². The molecule has 0 radical (unpaired) electrons. The van der Waals surface area contributed by atoms with Gasteiger partial charge in [-0.25, -0.2) is 17.2 Å². The number of aromatic amines is 1. The molecule has 2 heterocycles. The Morgan fingerprint density at radius 3 is 2.73 bits per heavy atom. The van der Waals surface area contributed by atoms with E-state index in [9.17, 15) is 17.2 Å². The molecular weight excluding hydrogens is 334 g/mol. The third-order valence-corrected chi connectivity index (χ3v) is 5.05. The molecule has 114 valence electrons. The average Bonchev–Trinajstić information content (AvgIpc) is 2.85. The van der Waals surface area contributed by atoms with Crippen LogP contribution in [0.3, 0.4) is 0 Å². The third kappa shape index (κ3) is 2.69. The molecule has 3 rings (SSSR count). The lowest BCUT2D eigenvalue weighted by Crippen LogP contribution is -2.08. The first-order valence-corrected chi connectivity index (χ1v) is 8.19. The van der Waals surface area contributed by atoms with E-state index in [0.717, 1.165) is 6.20 Å². The Morgan fingerprint density at radius 2 is 2.00 bits per heavy atom. The highest BCUT2D eigenvalue weighted by atomic mass is 35.5. The molecule has 22 heavy (non-hydrogen) atoms. The molecule has 0 saturated heterocycles. The Labute approximate surface area is 129 Å². The van der Waals surface area contributed by atoms with Crippen LogP contribution in [0.15, 0.2) is 41.6 Å². The predicted molar refractivity (Wildman–Crippen MR) is 78.4 cm³/mol. The lowest BCUT2D eigenvalue weighted by Gasteiger charge is -2.04. The molecule has 0 aliphatic heterocycles. The van der Waals surface area contributed by atoms with Crippen LogP contribution in [0.25, 0.3) is 10.9 Å². The van der Waals surface area contributed by atoms with E-state index in [0.29, 0.717) is 22.0 Å². The standard InChI is InChI=1S/C14H9ClF2N2O2S/c15-8-1-2-10-12(3-8)19-6-14(10)22(20,21)7-13-11(17)4-9(16)5-18-13/h1-6,19H,7H2. The van der Waals surface area contributed by atoms with Crippen molar-refractivity contribution in [2.45, 2.75) is 10.6 Å². The molecule has 0 saturated carbocycles. The zero-order chi connectivity index (χ0) is 15.9. The number of nitrogens with one attached hydrogen (secondary N) is 1. The van der Waals surface area contributed by atoms with E-state index < -0.39 is 27.2 Å². The lowest BCUT2D eigenvalue weighted by molar-refractivity contribution is 0.557. The molecule has 3 aromatic rings. The second-order valence-corrected chi connectivity index (χ2v) is 7.08. The number of rotatable bonds is 3. The monoisotopic (exact) mass is 342 g/mol. The molecule has 0 amide bonds. The van der Waals surface area contributed by atoms with Gasteiger partial charge < -0.3 is 4.98 Å². The van der Waals surface area contributed by atoms with Gasteiger partial charge in [0.05, 0.1) is 16.8 Å². The molecule has 4 nitrogen and oxygen atoms in total. The first-order chi connectivity index (χ1) is 10.4. The maximum atomic E-state index is 13.6. The fraction of sp³-hybridized carbons (Fsp3) is 0.0714. The SMILES string of the molecule is O=S(=O)(Cc1ncc(F)cc1F)c1c[nH]c2cc(Cl)ccc12. The molecular formula is C14H9ClF2N2O2S. The van der Waals surface area contributed by atoms with Gasteiger partial charge in [0, 0.05) is 28.2 Å². The second kappa shape index (κ2) is 5.33. The highest BCUT2D eigenvalue weighted by Gasteiger charge is 2.22. The summed E-state index contributed by atoms with van der Waals surface area (Å²) in [7, 11) is -3.84. The number of H-pyrrole nitrogens is 1. The van der Waals surface area contributed by atoms with Crippen molar-refractivity contribution in [3.8, 4) is 0 Å². The van der Waals surface area contributed by atoms with Crippen LogP contribution in [0.2, 0.25) is 5.02 Å². The van der Waals surface area contributed by atoms with Crippen molar-refractivity contribution in [2.75, 3.05) is 0 Å². The average molecular weight is 343 g/mol. The van der Waals surface area contributed by atoms with Gasteiger partial charge in [-0.05, 0) is 12.1 Å². The summed E-state index contributed by atoms with van der Waals surface area (Å²) in [6, 6.07) is 5.32. The number of sulfone groups is 1. The second-order valence-electron chi connectivity index (χ2n) is 4.68. The van der Waals surface area contributed by atoms with Crippen LogP contribution in [-0.4, -0.2) is 18.4 Å². The zero-order valence-corrected chi connectivity index (χ0v) is 12.5. The third-order valence-electron chi connectivity index (χ3n) is 3.15. The van der Waals surface area contributed by atoms with E-state index in [1.54, 1.807) is 18.2 Å². The first kappa shape index (κ1) is 14.9. The molecule has 2 aromatic heterocycles. The van der Waals surface area contributed by atoms with Gasteiger partial charge in [-0.1, -0.05) is 17.7 Å². The summed E-state index contributed by atoms with van der Waals surface area (Å²) in [4.78, 5) is 6.33. The smallest absolute Gasteiger partial charge is 0.186 e. The van der Waals surface area contributed by atoms with Crippen LogP contribution in [0.1, 0.15) is 5.69 Å². The predicted octanol–water partition coefficient (Wildman–Crippen LogP) is 3.47. The Hall–Kier alpha value is -1.99. The van der Waals surface area contributed by atoms with Gasteiger partial charge in [0.2, 0.25) is 0 Å². The van der Waals surface area contributed by atoms with Crippen LogP contribution < -0.4 is 0 Å². The van der Waals surface area contributed by atoms with Crippen LogP contribution >= 0.6 is 11.6 Å². The minimum absolute atomic E-state index is 0.0182. The van der Waals surface area contributed by atoms with Crippen molar-refractivity contribution in [1.82, 2.24) is 9.97 Å². The molecule has 8 heteroatoms. The number of benzene rings is 1. The van der Waals surface area contributed by atoms with Crippen LogP contribution in [0, 0.1) is 11.6 Å². The maximum Gasteiger partial charge on any atom is 0.186 e. The van der Waals surface area contributed by atoms with E-state index in [-0.39, 0.29) is 10.6 Å². The number of pyridine rings is 1. The van der Waals surface area contributed by atoms with Gasteiger partial charge in [-0.15, -0.1) is 0 Å². The molecule has 1 N–H and O–H groups in total. The van der Waals surface area contributed by atoms with Crippen molar-refractivity contribution < 1.29 is 17.2 Å². The van der Waals surface area contributed by atoms with Gasteiger partial charge in [0.1, 0.15) is 17.4 Å². The van der Waals surface area contributed by atoms with Crippen molar-refractivity contribution in [1.29, 1.82) is 0 Å². The summed E-state index contributed by atoms with van der Waals surface area (Å²) < 4.78 is 51.3. The molecule has 0 unspecified atom stereocenters. The van der Waals surface area contributed by atoms with Gasteiger partial charge in [0.15, 0.2) is 9.84 Å². The number of aromatic nitrogens is 2. The molecule has 0 spiro atoms. The number of hydrogen-bond acceptors (Lipinski definition) is 3. The summed E-state index contributed by atoms with van der Waals surface area (Å²) >= 11 is 5.84. The summed E-state index contributed by atoms with van der Waals surface area (Å²) in [5, 5.41) is 0.913. The number of halogens is 3. The highest BCUT2D eigenvalue weighted by molar-refractivity contribution is 7.90. The molecule has 1 aromatic carbocycles. The van der Waals surface area contributed by atoms with Crippen LogP contribution in [0.5, 0.6) is 0 Å². The Balaban J connectivity index is 2.05. The molecule has 0 fully saturated rings. The molecule has 0 aliphatic carbocycles. The molecule has 0 bridgehead atoms. The van der Waals surface area contributed by atoms with Gasteiger partial charge in [-0.3, -0.25) is 4.98 Å². The van der Waals surface area contributed by atoms with E-state index in [1.165, 1.54) is 6.20 Å². The largest absolute Gasteiger partial charge is 0.360 e. The quantitative estimate of drug-likeness (QED) is 0.792. The number of fused-ring (bicyclic) bond motifs is 1. The molecule has 0 atom stereocenters. The summed E-state index contributed by atoms with van der Waals surface area (Å²) in [5.74, 6) is -2.51. The van der Waals surface area contributed by atoms with Gasteiger partial charge in [-0.2, -0.15) is 0 Å². The van der Waals surface area contributed by atoms with Crippen molar-refractivity contribution in [3.63, 3.8) is 0 Å². The normalized spacial score (nSPS) is 12.0. The van der Waals surface area contributed by atoms with Crippen molar-refractivity contribution >= 4 is 32.3 Å². The van der Waals surface area contributed by atoms with E-state index in [1.807, 2.05) is 0 Å². The Kier molecular flexibility index (Phi) is 3.62. The zero-order valence-electron chi connectivity index (χ0n) is 11.0. The first-order valence-electron chi connectivity index (χ1n) is 6.16. The van der Waals surface area contributed by atoms with E-state index in [4.69, 9.17) is 11.6 Å². The minimum Gasteiger partial charge on any atom is -0.360 e. The van der Waals surface area contributed by atoms with Crippen LogP contribution in [0.4, 0.5) is 8.78 Å². The van der Waals surface area contributed by atoms with E-state index >= 15 is 0 Å². The number of nitrogens with zero attached hydrogens (tertiary/aromatic N) is 1.